The molecule has 0 unspecified atom stereocenters. The minimum Gasteiger partial charge on any atom is -0.142 e. The summed E-state index contributed by atoms with van der Waals surface area (Å²) < 4.78 is 0. The second-order valence-corrected chi connectivity index (χ2v) is 7.47. The molecule has 0 amide bonds. The maximum Gasteiger partial charge on any atom is 0.0592 e. The molecule has 2 aromatic heterocycles. The number of halogens is 4. The average Bonchev–Trinajstić information content (AvgIpc) is 3.01. The molecule has 20 heavy (non-hydrogen) atoms. The van der Waals surface area contributed by atoms with E-state index < -0.39 is 0 Å². The molecule has 0 atom stereocenters. The molecular formula is C14H6Cl4S2. The second kappa shape index (κ2) is 5.88. The molecule has 102 valence electrons. The van der Waals surface area contributed by atoms with Gasteiger partial charge in [0, 0.05) is 11.1 Å². The van der Waals surface area contributed by atoms with Gasteiger partial charge < -0.3 is 0 Å². The minimum absolute atomic E-state index is 0.609. The summed E-state index contributed by atoms with van der Waals surface area (Å²) in [6, 6.07) is 7.37. The van der Waals surface area contributed by atoms with Crippen molar-refractivity contribution in [2.75, 3.05) is 0 Å². The highest BCUT2D eigenvalue weighted by Crippen LogP contribution is 2.44. The van der Waals surface area contributed by atoms with E-state index in [1.807, 2.05) is 35.0 Å². The molecule has 0 spiro atoms. The molecule has 1 aromatic carbocycles. The molecule has 0 N–H and O–H groups in total. The van der Waals surface area contributed by atoms with Gasteiger partial charge in [-0.1, -0.05) is 46.4 Å². The van der Waals surface area contributed by atoms with Gasteiger partial charge in [0.15, 0.2) is 0 Å². The Balaban J connectivity index is 2.17. The second-order valence-electron chi connectivity index (χ2n) is 4.01. The summed E-state index contributed by atoms with van der Waals surface area (Å²) in [4.78, 5) is 1.84. The highest BCUT2D eigenvalue weighted by molar-refractivity contribution is 7.14. The van der Waals surface area contributed by atoms with E-state index in [1.54, 1.807) is 0 Å². The van der Waals surface area contributed by atoms with E-state index in [0.29, 0.717) is 20.1 Å². The van der Waals surface area contributed by atoms with Crippen molar-refractivity contribution in [2.24, 2.45) is 0 Å². The number of benzene rings is 1. The third-order valence-electron chi connectivity index (χ3n) is 2.78. The highest BCUT2D eigenvalue weighted by atomic mass is 35.5. The van der Waals surface area contributed by atoms with Crippen molar-refractivity contribution < 1.29 is 0 Å². The maximum atomic E-state index is 6.38. The van der Waals surface area contributed by atoms with Gasteiger partial charge in [0.1, 0.15) is 0 Å². The van der Waals surface area contributed by atoms with E-state index in [-0.39, 0.29) is 0 Å². The van der Waals surface area contributed by atoms with Gasteiger partial charge in [0.25, 0.3) is 0 Å². The molecule has 0 saturated heterocycles. The normalized spacial score (nSPS) is 11.0. The lowest BCUT2D eigenvalue weighted by molar-refractivity contribution is 1.68. The molecular weight excluding hydrogens is 374 g/mol. The Labute approximate surface area is 144 Å². The Morgan fingerprint density at radius 3 is 1.30 bits per heavy atom. The maximum absolute atomic E-state index is 6.38. The Kier molecular flexibility index (Phi) is 4.32. The number of thiophene rings is 2. The quantitative estimate of drug-likeness (QED) is 0.426. The SMILES string of the molecule is Clc1cc(-c2sccc2Cl)c(Cl)cc1-c1sccc1Cl. The Morgan fingerprint density at radius 1 is 0.600 bits per heavy atom. The van der Waals surface area contributed by atoms with Gasteiger partial charge in [-0.05, 0) is 35.0 Å². The van der Waals surface area contributed by atoms with Crippen LogP contribution in [0.1, 0.15) is 0 Å². The first-order valence-corrected chi connectivity index (χ1v) is 8.81. The molecule has 3 rings (SSSR count). The average molecular weight is 380 g/mol. The van der Waals surface area contributed by atoms with Crippen LogP contribution in [0.5, 0.6) is 0 Å². The molecule has 0 bridgehead atoms. The standard InChI is InChI=1S/C14H6Cl4S2/c15-9-1-3-19-13(9)7-5-12(18)8(6-11(7)17)14-10(16)2-4-20-14/h1-6H. The summed E-state index contributed by atoms with van der Waals surface area (Å²) in [5.74, 6) is 0. The van der Waals surface area contributed by atoms with Crippen molar-refractivity contribution in [1.82, 2.24) is 0 Å². The van der Waals surface area contributed by atoms with Gasteiger partial charge in [0.2, 0.25) is 0 Å². The molecule has 0 aliphatic rings. The summed E-state index contributed by atoms with van der Waals surface area (Å²) in [5, 5.41) is 6.42. The van der Waals surface area contributed by atoms with E-state index in [9.17, 15) is 0 Å². The predicted octanol–water partition coefficient (Wildman–Crippen LogP) is 7.76. The van der Waals surface area contributed by atoms with E-state index >= 15 is 0 Å². The predicted molar refractivity (Wildman–Crippen MR) is 93.1 cm³/mol. The first-order chi connectivity index (χ1) is 9.58. The summed E-state index contributed by atoms with van der Waals surface area (Å²) in [7, 11) is 0. The fourth-order valence-electron chi connectivity index (χ4n) is 1.87. The van der Waals surface area contributed by atoms with Crippen LogP contribution in [0, 0.1) is 0 Å². The molecule has 0 aliphatic heterocycles. The van der Waals surface area contributed by atoms with Crippen molar-refractivity contribution in [1.29, 1.82) is 0 Å². The summed E-state index contributed by atoms with van der Waals surface area (Å²) in [6.07, 6.45) is 0. The van der Waals surface area contributed by atoms with Gasteiger partial charge >= 0.3 is 0 Å². The number of hydrogen-bond donors (Lipinski definition) is 0. The van der Waals surface area contributed by atoms with Crippen molar-refractivity contribution in [2.45, 2.75) is 0 Å². The Bertz CT molecular complexity index is 707. The van der Waals surface area contributed by atoms with E-state index in [0.717, 1.165) is 20.9 Å². The molecule has 0 saturated carbocycles. The molecule has 0 aliphatic carbocycles. The van der Waals surface area contributed by atoms with Crippen LogP contribution in [-0.2, 0) is 0 Å². The molecule has 2 heterocycles. The topological polar surface area (TPSA) is 0 Å². The summed E-state index contributed by atoms with van der Waals surface area (Å²) in [5.41, 5.74) is 1.68. The molecule has 0 fully saturated rings. The van der Waals surface area contributed by atoms with Crippen LogP contribution in [-0.4, -0.2) is 0 Å². The van der Waals surface area contributed by atoms with Crippen molar-refractivity contribution in [3.63, 3.8) is 0 Å². The summed E-state index contributed by atoms with van der Waals surface area (Å²) >= 11 is 28.1. The van der Waals surface area contributed by atoms with Crippen LogP contribution < -0.4 is 0 Å². The smallest absolute Gasteiger partial charge is 0.0592 e. The van der Waals surface area contributed by atoms with Gasteiger partial charge in [0.05, 0.1) is 29.8 Å². The largest absolute Gasteiger partial charge is 0.142 e. The molecule has 0 nitrogen and oxygen atoms in total. The number of rotatable bonds is 2. The fraction of sp³-hybridized carbons (Fsp3) is 0. The lowest BCUT2D eigenvalue weighted by atomic mass is 10.1. The van der Waals surface area contributed by atoms with Crippen molar-refractivity contribution >= 4 is 69.1 Å². The van der Waals surface area contributed by atoms with E-state index in [1.165, 1.54) is 22.7 Å². The zero-order chi connectivity index (χ0) is 14.3. The fourth-order valence-corrected chi connectivity index (χ4v) is 4.87. The Morgan fingerprint density at radius 2 is 1.00 bits per heavy atom. The first kappa shape index (κ1) is 14.7. The van der Waals surface area contributed by atoms with Gasteiger partial charge in [-0.25, -0.2) is 0 Å². The number of hydrogen-bond acceptors (Lipinski definition) is 2. The molecule has 3 aromatic rings. The Hall–Kier alpha value is -0.220. The van der Waals surface area contributed by atoms with Crippen molar-refractivity contribution in [3.05, 3.63) is 55.1 Å². The highest BCUT2D eigenvalue weighted by Gasteiger charge is 2.16. The van der Waals surface area contributed by atoms with Gasteiger partial charge in [-0.2, -0.15) is 0 Å². The summed E-state index contributed by atoms with van der Waals surface area (Å²) in [6.45, 7) is 0. The lowest BCUT2D eigenvalue weighted by Gasteiger charge is -2.08. The van der Waals surface area contributed by atoms with Gasteiger partial charge in [-0.3, -0.25) is 0 Å². The van der Waals surface area contributed by atoms with Crippen LogP contribution in [0.2, 0.25) is 20.1 Å². The van der Waals surface area contributed by atoms with Crippen LogP contribution in [0.4, 0.5) is 0 Å². The third kappa shape index (κ3) is 2.61. The van der Waals surface area contributed by atoms with Crippen LogP contribution in [0.15, 0.2) is 35.0 Å². The van der Waals surface area contributed by atoms with E-state index in [4.69, 9.17) is 46.4 Å². The van der Waals surface area contributed by atoms with E-state index in [2.05, 4.69) is 0 Å². The molecule has 6 heteroatoms. The van der Waals surface area contributed by atoms with Crippen LogP contribution in [0.3, 0.4) is 0 Å². The van der Waals surface area contributed by atoms with Crippen molar-refractivity contribution in [3.8, 4) is 20.9 Å². The monoisotopic (exact) mass is 378 g/mol. The zero-order valence-corrected chi connectivity index (χ0v) is 14.4. The third-order valence-corrected chi connectivity index (χ3v) is 6.16. The van der Waals surface area contributed by atoms with Gasteiger partial charge in [-0.15, -0.1) is 22.7 Å². The first-order valence-electron chi connectivity index (χ1n) is 5.53. The minimum atomic E-state index is 0.609. The van der Waals surface area contributed by atoms with Crippen LogP contribution in [0.25, 0.3) is 20.9 Å². The lowest BCUT2D eigenvalue weighted by Crippen LogP contribution is -1.82. The van der Waals surface area contributed by atoms with Crippen LogP contribution >= 0.6 is 69.1 Å². The molecule has 0 radical (unpaired) electrons. The zero-order valence-electron chi connectivity index (χ0n) is 9.79.